The number of carbonyl (C=O) groups is 1. The summed E-state index contributed by atoms with van der Waals surface area (Å²) >= 11 is 0. The first kappa shape index (κ1) is 18.0. The minimum absolute atomic E-state index is 0.00425. The molecule has 1 aliphatic heterocycles. The number of hydrogen-bond donors (Lipinski definition) is 2. The van der Waals surface area contributed by atoms with E-state index in [1.165, 1.54) is 5.56 Å². The van der Waals surface area contributed by atoms with Crippen molar-refractivity contribution in [2.45, 2.75) is 39.5 Å². The fraction of sp³-hybridized carbons (Fsp3) is 0.632. The van der Waals surface area contributed by atoms with Gasteiger partial charge < -0.3 is 15.3 Å². The lowest BCUT2D eigenvalue weighted by molar-refractivity contribution is -0.118. The van der Waals surface area contributed by atoms with Gasteiger partial charge in [-0.2, -0.15) is 0 Å². The highest BCUT2D eigenvalue weighted by molar-refractivity contribution is 5.92. The molecule has 2 N–H and O–H groups in total. The predicted molar refractivity (Wildman–Crippen MR) is 94.6 cm³/mol. The summed E-state index contributed by atoms with van der Waals surface area (Å²) in [5, 5.41) is 12.2. The topological polar surface area (TPSA) is 52.6 Å². The molecule has 128 valence electrons. The molecule has 0 radical (unpaired) electrons. The third kappa shape index (κ3) is 5.33. The summed E-state index contributed by atoms with van der Waals surface area (Å²) in [5.41, 5.74) is 2.22. The van der Waals surface area contributed by atoms with Crippen LogP contribution in [0.2, 0.25) is 0 Å². The van der Waals surface area contributed by atoms with Crippen LogP contribution in [0.4, 0.5) is 5.69 Å². The molecule has 0 saturated carbocycles. The van der Waals surface area contributed by atoms with Crippen LogP contribution in [-0.4, -0.2) is 42.2 Å². The Balaban J connectivity index is 1.92. The van der Waals surface area contributed by atoms with Gasteiger partial charge in [0, 0.05) is 24.8 Å². The number of amides is 1. The number of rotatable bonds is 6. The van der Waals surface area contributed by atoms with E-state index in [1.54, 1.807) is 0 Å². The molecule has 4 heteroatoms. The Kier molecular flexibility index (Phi) is 6.60. The Bertz CT molecular complexity index is 508. The molecule has 1 fully saturated rings. The van der Waals surface area contributed by atoms with E-state index in [0.29, 0.717) is 11.8 Å². The average molecular weight is 318 g/mol. The molecule has 0 spiro atoms. The molecule has 1 aliphatic rings. The Labute approximate surface area is 139 Å². The monoisotopic (exact) mass is 318 g/mol. The van der Waals surface area contributed by atoms with Gasteiger partial charge in [0.05, 0.1) is 0 Å². The van der Waals surface area contributed by atoms with Crippen LogP contribution in [0.5, 0.6) is 0 Å². The maximum atomic E-state index is 11.8. The van der Waals surface area contributed by atoms with Crippen molar-refractivity contribution in [1.29, 1.82) is 0 Å². The molecule has 0 aromatic heterocycles. The van der Waals surface area contributed by atoms with Gasteiger partial charge in [-0.25, -0.2) is 0 Å². The van der Waals surface area contributed by atoms with Crippen molar-refractivity contribution in [1.82, 2.24) is 4.90 Å². The first-order valence-corrected chi connectivity index (χ1v) is 8.73. The number of hydrogen-bond acceptors (Lipinski definition) is 3. The van der Waals surface area contributed by atoms with E-state index in [-0.39, 0.29) is 18.4 Å². The van der Waals surface area contributed by atoms with Crippen molar-refractivity contribution in [3.63, 3.8) is 0 Å². The van der Waals surface area contributed by atoms with Gasteiger partial charge in [-0.3, -0.25) is 4.79 Å². The van der Waals surface area contributed by atoms with Gasteiger partial charge in [-0.1, -0.05) is 32.9 Å². The molecule has 1 saturated heterocycles. The van der Waals surface area contributed by atoms with E-state index in [0.717, 1.165) is 38.2 Å². The zero-order valence-corrected chi connectivity index (χ0v) is 14.6. The second-order valence-electron chi connectivity index (χ2n) is 7.13. The van der Waals surface area contributed by atoms with Crippen LogP contribution >= 0.6 is 0 Å². The second kappa shape index (κ2) is 8.46. The molecule has 0 aliphatic carbocycles. The number of benzene rings is 1. The van der Waals surface area contributed by atoms with Gasteiger partial charge in [0.15, 0.2) is 0 Å². The van der Waals surface area contributed by atoms with Crippen LogP contribution in [0, 0.1) is 11.8 Å². The smallest absolute Gasteiger partial charge is 0.226 e. The minimum atomic E-state index is -0.00425. The summed E-state index contributed by atoms with van der Waals surface area (Å²) in [6.45, 7) is 9.30. The van der Waals surface area contributed by atoms with Gasteiger partial charge in [0.1, 0.15) is 0 Å². The van der Waals surface area contributed by atoms with Crippen molar-refractivity contribution in [2.75, 3.05) is 31.6 Å². The van der Waals surface area contributed by atoms with Crippen molar-refractivity contribution in [2.24, 2.45) is 11.8 Å². The Morgan fingerprint density at radius 1 is 1.30 bits per heavy atom. The summed E-state index contributed by atoms with van der Waals surface area (Å²) in [4.78, 5) is 14.3. The van der Waals surface area contributed by atoms with Crippen LogP contribution in [0.15, 0.2) is 24.3 Å². The fourth-order valence-electron chi connectivity index (χ4n) is 3.10. The first-order chi connectivity index (χ1) is 11.0. The molecule has 1 aromatic rings. The van der Waals surface area contributed by atoms with E-state index >= 15 is 0 Å². The number of aliphatic hydroxyl groups is 1. The lowest BCUT2D eigenvalue weighted by Gasteiger charge is -2.33. The molecule has 1 aromatic carbocycles. The Hall–Kier alpha value is -1.39. The Morgan fingerprint density at radius 2 is 2.00 bits per heavy atom. The lowest BCUT2D eigenvalue weighted by Crippen LogP contribution is -2.36. The summed E-state index contributed by atoms with van der Waals surface area (Å²) < 4.78 is 0. The highest BCUT2D eigenvalue weighted by atomic mass is 16.3. The number of nitrogens with one attached hydrogen (secondary N) is 1. The maximum Gasteiger partial charge on any atom is 0.226 e. The normalized spacial score (nSPS) is 18.1. The van der Waals surface area contributed by atoms with Crippen LogP contribution in [0.25, 0.3) is 0 Å². The summed E-state index contributed by atoms with van der Waals surface area (Å²) in [7, 11) is 0. The number of nitrogens with zero attached hydrogens (tertiary/aromatic N) is 1. The number of piperidine rings is 1. The van der Waals surface area contributed by atoms with Gasteiger partial charge in [-0.05, 0) is 55.5 Å². The molecule has 1 amide bonds. The maximum absolute atomic E-state index is 11.8. The van der Waals surface area contributed by atoms with Gasteiger partial charge in [0.2, 0.25) is 5.91 Å². The van der Waals surface area contributed by atoms with Gasteiger partial charge >= 0.3 is 0 Å². The van der Waals surface area contributed by atoms with Crippen molar-refractivity contribution in [3.05, 3.63) is 29.8 Å². The van der Waals surface area contributed by atoms with Gasteiger partial charge in [0.25, 0.3) is 0 Å². The quantitative estimate of drug-likeness (QED) is 0.847. The highest BCUT2D eigenvalue weighted by Crippen LogP contribution is 2.29. The molecule has 0 bridgehead atoms. The Morgan fingerprint density at radius 3 is 2.61 bits per heavy atom. The standard InChI is InChI=1S/C19H30N2O2/c1-14(2)19(23)20-18-6-4-5-17(11-18)16-7-9-21(10-8-16)12-15(3)13-22/h4-6,11,14-16,22H,7-10,12-13H2,1-3H3,(H,20,23)/t15-/m1/s1. The molecule has 2 rings (SSSR count). The van der Waals surface area contributed by atoms with Crippen molar-refractivity contribution in [3.8, 4) is 0 Å². The van der Waals surface area contributed by atoms with Crippen LogP contribution in [-0.2, 0) is 4.79 Å². The van der Waals surface area contributed by atoms with E-state index in [1.807, 2.05) is 26.0 Å². The molecule has 1 atom stereocenters. The molecule has 0 unspecified atom stereocenters. The largest absolute Gasteiger partial charge is 0.396 e. The van der Waals surface area contributed by atoms with E-state index < -0.39 is 0 Å². The number of likely N-dealkylation sites (tertiary alicyclic amines) is 1. The summed E-state index contributed by atoms with van der Waals surface area (Å²) in [5.74, 6) is 0.970. The third-order valence-electron chi connectivity index (χ3n) is 4.62. The number of aliphatic hydroxyl groups excluding tert-OH is 1. The van der Waals surface area contributed by atoms with Crippen molar-refractivity contribution >= 4 is 11.6 Å². The van der Waals surface area contributed by atoms with Crippen LogP contribution < -0.4 is 5.32 Å². The molecule has 4 nitrogen and oxygen atoms in total. The van der Waals surface area contributed by atoms with Crippen molar-refractivity contribution < 1.29 is 9.90 Å². The highest BCUT2D eigenvalue weighted by Gasteiger charge is 2.21. The van der Waals surface area contributed by atoms with Crippen LogP contribution in [0.3, 0.4) is 0 Å². The van der Waals surface area contributed by atoms with E-state index in [4.69, 9.17) is 0 Å². The predicted octanol–water partition coefficient (Wildman–Crippen LogP) is 3.09. The second-order valence-corrected chi connectivity index (χ2v) is 7.13. The van der Waals surface area contributed by atoms with Gasteiger partial charge in [-0.15, -0.1) is 0 Å². The molecular formula is C19H30N2O2. The minimum Gasteiger partial charge on any atom is -0.396 e. The first-order valence-electron chi connectivity index (χ1n) is 8.73. The summed E-state index contributed by atoms with van der Waals surface area (Å²) in [6, 6.07) is 8.28. The molecular weight excluding hydrogens is 288 g/mol. The fourth-order valence-corrected chi connectivity index (χ4v) is 3.10. The average Bonchev–Trinajstić information content (AvgIpc) is 2.55. The zero-order chi connectivity index (χ0) is 16.8. The summed E-state index contributed by atoms with van der Waals surface area (Å²) in [6.07, 6.45) is 2.28. The zero-order valence-electron chi connectivity index (χ0n) is 14.6. The molecule has 1 heterocycles. The van der Waals surface area contributed by atoms with E-state index in [9.17, 15) is 9.90 Å². The van der Waals surface area contributed by atoms with E-state index in [2.05, 4.69) is 29.3 Å². The molecule has 23 heavy (non-hydrogen) atoms. The number of anilines is 1. The number of carbonyl (C=O) groups excluding carboxylic acids is 1. The lowest BCUT2D eigenvalue weighted by atomic mass is 9.89. The third-order valence-corrected chi connectivity index (χ3v) is 4.62. The van der Waals surface area contributed by atoms with Crippen LogP contribution in [0.1, 0.15) is 45.1 Å². The SMILES string of the molecule is CC(C)C(=O)Nc1cccc(C2CCN(C[C@@H](C)CO)CC2)c1.